The molecule has 0 spiro atoms. The van der Waals surface area contributed by atoms with E-state index < -0.39 is 0 Å². The van der Waals surface area contributed by atoms with Gasteiger partial charge in [-0.2, -0.15) is 9.97 Å². The molecule has 1 aromatic heterocycles. The molecule has 1 aliphatic carbocycles. The molecular weight excluding hydrogens is 216 g/mol. The van der Waals surface area contributed by atoms with E-state index >= 15 is 0 Å². The van der Waals surface area contributed by atoms with Gasteiger partial charge in [0.2, 0.25) is 5.95 Å². The normalized spacial score (nSPS) is 17.3. The zero-order valence-electron chi connectivity index (χ0n) is 10.2. The second kappa shape index (κ2) is 4.75. The van der Waals surface area contributed by atoms with Gasteiger partial charge in [0.15, 0.2) is 0 Å². The topological polar surface area (TPSA) is 102 Å². The van der Waals surface area contributed by atoms with Crippen LogP contribution in [0.25, 0.3) is 0 Å². The van der Waals surface area contributed by atoms with Crippen molar-refractivity contribution in [2.75, 3.05) is 23.0 Å². The Morgan fingerprint density at radius 2 is 2.06 bits per heavy atom. The monoisotopic (exact) mass is 236 g/mol. The van der Waals surface area contributed by atoms with Crippen LogP contribution >= 0.6 is 0 Å². The minimum Gasteiger partial charge on any atom is -0.369 e. The number of nitrogens with one attached hydrogen (secondary N) is 2. The van der Waals surface area contributed by atoms with Gasteiger partial charge in [0.25, 0.3) is 0 Å². The summed E-state index contributed by atoms with van der Waals surface area (Å²) in [5, 5.41) is 3.33. The van der Waals surface area contributed by atoms with Crippen LogP contribution in [-0.4, -0.2) is 16.5 Å². The molecule has 1 saturated carbocycles. The Bertz CT molecular complexity index is 382. The smallest absolute Gasteiger partial charge is 0.223 e. The van der Waals surface area contributed by atoms with Gasteiger partial charge >= 0.3 is 0 Å². The van der Waals surface area contributed by atoms with E-state index in [9.17, 15) is 0 Å². The second-order valence-corrected chi connectivity index (χ2v) is 4.70. The number of anilines is 3. The highest BCUT2D eigenvalue weighted by Crippen LogP contribution is 2.43. The molecule has 0 unspecified atom stereocenters. The average Bonchev–Trinajstić information content (AvgIpc) is 2.27. The average molecular weight is 236 g/mol. The number of hydrazine groups is 1. The largest absolute Gasteiger partial charge is 0.369 e. The van der Waals surface area contributed by atoms with Gasteiger partial charge in [-0.3, -0.25) is 0 Å². The van der Waals surface area contributed by atoms with Crippen LogP contribution in [0, 0.1) is 5.41 Å². The third-order valence-electron chi connectivity index (χ3n) is 3.70. The fourth-order valence-electron chi connectivity index (χ4n) is 2.24. The molecule has 1 aromatic rings. The van der Waals surface area contributed by atoms with Gasteiger partial charge in [0.05, 0.1) is 0 Å². The molecule has 0 radical (unpaired) electrons. The van der Waals surface area contributed by atoms with E-state index in [-0.39, 0.29) is 5.95 Å². The van der Waals surface area contributed by atoms with Crippen molar-refractivity contribution in [3.05, 3.63) is 6.07 Å². The number of nitrogens with two attached hydrogens (primary N) is 2. The van der Waals surface area contributed by atoms with Crippen LogP contribution in [0.1, 0.15) is 32.6 Å². The Labute approximate surface area is 101 Å². The van der Waals surface area contributed by atoms with E-state index in [1.807, 2.05) is 0 Å². The first-order valence-corrected chi connectivity index (χ1v) is 6.02. The van der Waals surface area contributed by atoms with Crippen molar-refractivity contribution in [3.8, 4) is 0 Å². The lowest BCUT2D eigenvalue weighted by Crippen LogP contribution is -2.36. The Morgan fingerprint density at radius 1 is 1.35 bits per heavy atom. The minimum atomic E-state index is 0.224. The maximum Gasteiger partial charge on any atom is 0.223 e. The number of hydrogen-bond acceptors (Lipinski definition) is 6. The van der Waals surface area contributed by atoms with Gasteiger partial charge in [-0.25, -0.2) is 5.84 Å². The number of rotatable bonds is 5. The number of nitrogens with zero attached hydrogens (tertiary/aromatic N) is 2. The van der Waals surface area contributed by atoms with Crippen LogP contribution in [0.4, 0.5) is 17.6 Å². The molecule has 0 saturated heterocycles. The summed E-state index contributed by atoms with van der Waals surface area (Å²) >= 11 is 0. The third kappa shape index (κ3) is 2.58. The number of aromatic nitrogens is 2. The van der Waals surface area contributed by atoms with Crippen LogP contribution in [0.2, 0.25) is 0 Å². The summed E-state index contributed by atoms with van der Waals surface area (Å²) in [6.45, 7) is 3.17. The van der Waals surface area contributed by atoms with Crippen molar-refractivity contribution in [2.45, 2.75) is 32.6 Å². The molecule has 0 aromatic carbocycles. The minimum absolute atomic E-state index is 0.224. The van der Waals surface area contributed by atoms with Crippen LogP contribution in [0.15, 0.2) is 6.07 Å². The van der Waals surface area contributed by atoms with Gasteiger partial charge in [0, 0.05) is 12.6 Å². The molecule has 0 atom stereocenters. The maximum atomic E-state index is 5.60. The number of nitrogen functional groups attached to an aromatic ring is 2. The summed E-state index contributed by atoms with van der Waals surface area (Å²) in [5.74, 6) is 6.79. The summed E-state index contributed by atoms with van der Waals surface area (Å²) in [7, 11) is 0. The van der Waals surface area contributed by atoms with Gasteiger partial charge in [-0.05, 0) is 24.7 Å². The summed E-state index contributed by atoms with van der Waals surface area (Å²) in [4.78, 5) is 8.08. The molecule has 6 heteroatoms. The fourth-order valence-corrected chi connectivity index (χ4v) is 2.24. The highest BCUT2D eigenvalue weighted by atomic mass is 15.3. The third-order valence-corrected chi connectivity index (χ3v) is 3.70. The molecule has 0 bridgehead atoms. The molecule has 17 heavy (non-hydrogen) atoms. The van der Waals surface area contributed by atoms with Crippen LogP contribution < -0.4 is 22.3 Å². The highest BCUT2D eigenvalue weighted by molar-refractivity contribution is 5.50. The molecule has 0 amide bonds. The van der Waals surface area contributed by atoms with Crippen molar-refractivity contribution in [2.24, 2.45) is 11.3 Å². The summed E-state index contributed by atoms with van der Waals surface area (Å²) in [6.07, 6.45) is 5.11. The molecule has 0 aliphatic heterocycles. The van der Waals surface area contributed by atoms with E-state index in [0.717, 1.165) is 12.4 Å². The Hall–Kier alpha value is -1.56. The fraction of sp³-hybridized carbons (Fsp3) is 0.636. The van der Waals surface area contributed by atoms with Crippen molar-refractivity contribution in [1.82, 2.24) is 9.97 Å². The second-order valence-electron chi connectivity index (χ2n) is 4.70. The first-order valence-electron chi connectivity index (χ1n) is 6.02. The van der Waals surface area contributed by atoms with E-state index in [1.165, 1.54) is 25.7 Å². The zero-order chi connectivity index (χ0) is 12.3. The summed E-state index contributed by atoms with van der Waals surface area (Å²) < 4.78 is 0. The van der Waals surface area contributed by atoms with Gasteiger partial charge in [0.1, 0.15) is 11.6 Å². The molecule has 94 valence electrons. The summed E-state index contributed by atoms with van der Waals surface area (Å²) in [5.41, 5.74) is 8.51. The maximum absolute atomic E-state index is 5.60. The van der Waals surface area contributed by atoms with E-state index in [0.29, 0.717) is 11.2 Å². The van der Waals surface area contributed by atoms with Crippen LogP contribution in [-0.2, 0) is 0 Å². The molecule has 2 rings (SSSR count). The number of hydrogen-bond donors (Lipinski definition) is 4. The predicted octanol–water partition coefficient (Wildman–Crippen LogP) is 1.34. The standard InChI is InChI=1S/C11H20N6/c1-2-11(4-3-5-11)7-14-8-6-9(17-13)16-10(12)15-8/h6H,2-5,7,13H2,1H3,(H4,12,14,15,16,17). The predicted molar refractivity (Wildman–Crippen MR) is 69.3 cm³/mol. The van der Waals surface area contributed by atoms with Crippen molar-refractivity contribution in [3.63, 3.8) is 0 Å². The summed E-state index contributed by atoms with van der Waals surface area (Å²) in [6, 6.07) is 1.76. The van der Waals surface area contributed by atoms with Gasteiger partial charge in [-0.15, -0.1) is 0 Å². The van der Waals surface area contributed by atoms with Crippen LogP contribution in [0.3, 0.4) is 0 Å². The lowest BCUT2D eigenvalue weighted by Gasteiger charge is -2.41. The Morgan fingerprint density at radius 3 is 2.59 bits per heavy atom. The first-order chi connectivity index (χ1) is 8.17. The van der Waals surface area contributed by atoms with Crippen molar-refractivity contribution in [1.29, 1.82) is 0 Å². The zero-order valence-corrected chi connectivity index (χ0v) is 10.2. The Kier molecular flexibility index (Phi) is 3.33. The molecule has 1 fully saturated rings. The van der Waals surface area contributed by atoms with Crippen LogP contribution in [0.5, 0.6) is 0 Å². The van der Waals surface area contributed by atoms with Crippen molar-refractivity contribution < 1.29 is 0 Å². The quantitative estimate of drug-likeness (QED) is 0.454. The molecule has 6 nitrogen and oxygen atoms in total. The van der Waals surface area contributed by atoms with Gasteiger partial charge < -0.3 is 16.5 Å². The molecule has 1 aliphatic rings. The lowest BCUT2D eigenvalue weighted by molar-refractivity contribution is 0.145. The lowest BCUT2D eigenvalue weighted by atomic mass is 9.67. The Balaban J connectivity index is 2.01. The highest BCUT2D eigenvalue weighted by Gasteiger charge is 2.34. The molecule has 1 heterocycles. The van der Waals surface area contributed by atoms with E-state index in [1.54, 1.807) is 6.07 Å². The van der Waals surface area contributed by atoms with Crippen molar-refractivity contribution >= 4 is 17.6 Å². The van der Waals surface area contributed by atoms with E-state index in [4.69, 9.17) is 11.6 Å². The molecular formula is C11H20N6. The molecule has 6 N–H and O–H groups in total. The first kappa shape index (κ1) is 11.9. The van der Waals surface area contributed by atoms with Gasteiger partial charge in [-0.1, -0.05) is 13.3 Å². The van der Waals surface area contributed by atoms with E-state index in [2.05, 4.69) is 27.6 Å². The SMILES string of the molecule is CCC1(CNc2cc(NN)nc(N)n2)CCC1.